The van der Waals surface area contributed by atoms with Gasteiger partial charge in [-0.2, -0.15) is 0 Å². The second-order valence-electron chi connectivity index (χ2n) is 9.59. The number of rotatable bonds is 6. The molecular weight excluding hydrogens is 536 g/mol. The van der Waals surface area contributed by atoms with Crippen LogP contribution in [-0.2, 0) is 14.2 Å². The van der Waals surface area contributed by atoms with Gasteiger partial charge in [-0.05, 0) is 31.2 Å². The monoisotopic (exact) mass is 564 g/mol. The van der Waals surface area contributed by atoms with Gasteiger partial charge in [0.05, 0.1) is 12.7 Å². The molecule has 2 aliphatic heterocycles. The van der Waals surface area contributed by atoms with Crippen molar-refractivity contribution in [1.82, 2.24) is 0 Å². The lowest BCUT2D eigenvalue weighted by Crippen LogP contribution is -2.59. The average Bonchev–Trinajstić information content (AvgIpc) is 3.21. The molecule has 14 heteroatoms. The fraction of sp³-hybridized carbons (Fsp3) is 0.423. The summed E-state index contributed by atoms with van der Waals surface area (Å²) in [6, 6.07) is 7.48. The summed E-state index contributed by atoms with van der Waals surface area (Å²) in [5.41, 5.74) is -0.847. The minimum absolute atomic E-state index is 0.0845. The Morgan fingerprint density at radius 3 is 2.23 bits per heavy atom. The van der Waals surface area contributed by atoms with Crippen LogP contribution in [0.25, 0.3) is 22.3 Å². The highest BCUT2D eigenvalue weighted by Gasteiger charge is 2.51. The van der Waals surface area contributed by atoms with Crippen molar-refractivity contribution in [2.75, 3.05) is 6.61 Å². The van der Waals surface area contributed by atoms with Crippen LogP contribution in [0.4, 0.5) is 0 Å². The highest BCUT2D eigenvalue weighted by Crippen LogP contribution is 2.38. The molecule has 0 spiro atoms. The largest absolute Gasteiger partial charge is 0.508 e. The molecule has 5 rings (SSSR count). The van der Waals surface area contributed by atoms with Crippen molar-refractivity contribution in [3.8, 4) is 34.3 Å². The second-order valence-corrected chi connectivity index (χ2v) is 9.59. The summed E-state index contributed by atoms with van der Waals surface area (Å²) in [7, 11) is 0. The molecule has 8 N–H and O–H groups in total. The Morgan fingerprint density at radius 2 is 1.55 bits per heavy atom. The molecule has 0 unspecified atom stereocenters. The van der Waals surface area contributed by atoms with Gasteiger partial charge in [-0.3, -0.25) is 4.79 Å². The predicted molar refractivity (Wildman–Crippen MR) is 133 cm³/mol. The Kier molecular flexibility index (Phi) is 7.60. The van der Waals surface area contributed by atoms with Gasteiger partial charge in [0.15, 0.2) is 18.2 Å². The minimum atomic E-state index is -1.74. The Labute approximate surface area is 225 Å². The number of aliphatic hydroxyl groups is 5. The van der Waals surface area contributed by atoms with Crippen LogP contribution in [-0.4, -0.2) is 103 Å². The van der Waals surface area contributed by atoms with E-state index < -0.39 is 78.8 Å². The Hall–Kier alpha value is -3.47. The third kappa shape index (κ3) is 4.95. The van der Waals surface area contributed by atoms with E-state index in [1.807, 2.05) is 0 Å². The molecule has 0 saturated carbocycles. The number of fused-ring (bicyclic) bond motifs is 1. The van der Waals surface area contributed by atoms with Crippen LogP contribution in [0.5, 0.6) is 23.0 Å². The Morgan fingerprint density at radius 1 is 0.850 bits per heavy atom. The lowest BCUT2D eigenvalue weighted by molar-refractivity contribution is -0.316. The van der Waals surface area contributed by atoms with E-state index in [1.54, 1.807) is 0 Å². The van der Waals surface area contributed by atoms with E-state index in [9.17, 15) is 45.6 Å². The van der Waals surface area contributed by atoms with Crippen LogP contribution in [0.1, 0.15) is 6.92 Å². The Bertz CT molecular complexity index is 1420. The molecule has 9 atom stereocenters. The van der Waals surface area contributed by atoms with Crippen molar-refractivity contribution in [2.45, 2.75) is 62.2 Å². The maximum absolute atomic E-state index is 13.6. The van der Waals surface area contributed by atoms with Gasteiger partial charge in [0.1, 0.15) is 58.7 Å². The molecule has 0 aliphatic carbocycles. The van der Waals surface area contributed by atoms with E-state index in [1.165, 1.54) is 31.2 Å². The lowest BCUT2D eigenvalue weighted by atomic mass is 10.00. The van der Waals surface area contributed by atoms with Crippen LogP contribution in [0.15, 0.2) is 45.6 Å². The summed E-state index contributed by atoms with van der Waals surface area (Å²) in [6.07, 6.45) is -13.3. The molecule has 14 nitrogen and oxygen atoms in total. The molecule has 3 heterocycles. The predicted octanol–water partition coefficient (Wildman–Crippen LogP) is -0.754. The molecule has 0 amide bonds. The van der Waals surface area contributed by atoms with Crippen molar-refractivity contribution >= 4 is 11.0 Å². The number of ether oxygens (including phenoxy) is 4. The van der Waals surface area contributed by atoms with Gasteiger partial charge in [-0.15, -0.1) is 0 Å². The molecule has 0 radical (unpaired) electrons. The first-order chi connectivity index (χ1) is 19.0. The van der Waals surface area contributed by atoms with Crippen molar-refractivity contribution in [1.29, 1.82) is 0 Å². The van der Waals surface area contributed by atoms with Crippen molar-refractivity contribution in [2.24, 2.45) is 0 Å². The first-order valence-corrected chi connectivity index (χ1v) is 12.3. The number of hydrogen-bond donors (Lipinski definition) is 8. The van der Waals surface area contributed by atoms with Crippen LogP contribution in [0.3, 0.4) is 0 Å². The zero-order chi connectivity index (χ0) is 28.9. The van der Waals surface area contributed by atoms with E-state index >= 15 is 0 Å². The summed E-state index contributed by atoms with van der Waals surface area (Å²) in [5.74, 6) is -1.80. The topological polar surface area (TPSA) is 229 Å². The smallest absolute Gasteiger partial charge is 0.239 e. The zero-order valence-corrected chi connectivity index (χ0v) is 20.9. The lowest BCUT2D eigenvalue weighted by Gasteiger charge is -2.40. The van der Waals surface area contributed by atoms with Gasteiger partial charge in [0, 0.05) is 17.7 Å². The van der Waals surface area contributed by atoms with Crippen molar-refractivity contribution < 1.29 is 64.2 Å². The molecule has 2 aliphatic rings. The maximum Gasteiger partial charge on any atom is 0.239 e. The van der Waals surface area contributed by atoms with Crippen LogP contribution in [0.2, 0.25) is 0 Å². The molecule has 1 aromatic heterocycles. The van der Waals surface area contributed by atoms with E-state index in [4.69, 9.17) is 23.4 Å². The maximum atomic E-state index is 13.6. The molecule has 3 aromatic rings. The van der Waals surface area contributed by atoms with Crippen molar-refractivity contribution in [3.05, 3.63) is 46.6 Å². The second kappa shape index (κ2) is 10.8. The van der Waals surface area contributed by atoms with Gasteiger partial charge in [-0.1, -0.05) is 0 Å². The summed E-state index contributed by atoms with van der Waals surface area (Å²) in [6.45, 7) is 0.737. The number of aliphatic hydroxyl groups excluding tert-OH is 5. The highest BCUT2D eigenvalue weighted by molar-refractivity contribution is 5.88. The van der Waals surface area contributed by atoms with Gasteiger partial charge in [-0.25, -0.2) is 0 Å². The van der Waals surface area contributed by atoms with E-state index in [0.717, 1.165) is 12.1 Å². The molecule has 2 fully saturated rings. The molecule has 40 heavy (non-hydrogen) atoms. The van der Waals surface area contributed by atoms with Crippen molar-refractivity contribution in [3.63, 3.8) is 0 Å². The number of aromatic hydroxyl groups is 3. The number of hydrogen-bond acceptors (Lipinski definition) is 14. The first kappa shape index (κ1) is 28.1. The van der Waals surface area contributed by atoms with E-state index in [2.05, 4.69) is 0 Å². The van der Waals surface area contributed by atoms with Gasteiger partial charge in [0.2, 0.25) is 17.5 Å². The SMILES string of the molecule is C[C@H]1O[C@@H](O[C@H]2[C@H](Oc3c(-c4ccc(O)cc4)oc4cc(O)cc(O)c4c3=O)O[C@@H](CO)[C@H]2O)[C@H](O)[C@H](O)[C@@H]1O. The number of benzene rings is 2. The quantitative estimate of drug-likeness (QED) is 0.184. The molecule has 0 bridgehead atoms. The normalized spacial score (nSPS) is 32.4. The molecule has 2 aromatic carbocycles. The summed E-state index contributed by atoms with van der Waals surface area (Å²) >= 11 is 0. The minimum Gasteiger partial charge on any atom is -0.508 e. The summed E-state index contributed by atoms with van der Waals surface area (Å²) < 4.78 is 28.5. The third-order valence-electron chi connectivity index (χ3n) is 6.86. The van der Waals surface area contributed by atoms with Crippen LogP contribution >= 0.6 is 0 Å². The Balaban J connectivity index is 1.57. The van der Waals surface area contributed by atoms with Crippen LogP contribution < -0.4 is 10.2 Å². The third-order valence-corrected chi connectivity index (χ3v) is 6.86. The fourth-order valence-electron chi connectivity index (χ4n) is 4.67. The van der Waals surface area contributed by atoms with Gasteiger partial charge in [0.25, 0.3) is 0 Å². The highest BCUT2D eigenvalue weighted by atomic mass is 16.8. The fourth-order valence-corrected chi connectivity index (χ4v) is 4.67. The zero-order valence-electron chi connectivity index (χ0n) is 20.9. The van der Waals surface area contributed by atoms with Gasteiger partial charge >= 0.3 is 0 Å². The summed E-state index contributed by atoms with van der Waals surface area (Å²) in [5, 5.41) is 80.7. The number of phenolic OH excluding ortho intramolecular Hbond substituents is 3. The summed E-state index contributed by atoms with van der Waals surface area (Å²) in [4.78, 5) is 13.6. The molecule has 216 valence electrons. The van der Waals surface area contributed by atoms with Crippen LogP contribution in [0, 0.1) is 0 Å². The molecular formula is C26H28O14. The van der Waals surface area contributed by atoms with E-state index in [0.29, 0.717) is 0 Å². The van der Waals surface area contributed by atoms with Gasteiger partial charge < -0.3 is 64.2 Å². The standard InChI is InChI=1S/C26H28O14/c1-9-17(31)20(34)21(35)25(36-9)40-24-18(32)15(8-27)38-26(24)39-23-19(33)16-13(30)6-12(29)7-14(16)37-22(23)10-2-4-11(28)5-3-10/h2-7,9,15,17-18,20-21,24-32,34-35H,8H2,1H3/t9-,15+,17-,18-,20-,21-,24-,25+,26+/m1/s1. The average molecular weight is 564 g/mol. The molecule has 2 saturated heterocycles. The first-order valence-electron chi connectivity index (χ1n) is 12.3. The van der Waals surface area contributed by atoms with E-state index in [-0.39, 0.29) is 33.8 Å². The number of phenols is 3.